The van der Waals surface area contributed by atoms with E-state index in [1.807, 2.05) is 24.3 Å². The number of rotatable bonds is 4. The number of ether oxygens (including phenoxy) is 1. The zero-order valence-corrected chi connectivity index (χ0v) is 9.05. The maximum absolute atomic E-state index is 5.03. The molecule has 0 spiro atoms. The number of hydrogen-bond donors (Lipinski definition) is 1. The van der Waals surface area contributed by atoms with Gasteiger partial charge in [0.25, 0.3) is 0 Å². The molecule has 0 saturated heterocycles. The van der Waals surface area contributed by atoms with Crippen LogP contribution >= 0.6 is 0 Å². The minimum absolute atomic E-state index is 0.738. The summed E-state index contributed by atoms with van der Waals surface area (Å²) in [6, 6.07) is 7.70. The number of pyridine rings is 2. The van der Waals surface area contributed by atoms with Crippen LogP contribution in [0.15, 0.2) is 42.9 Å². The Morgan fingerprint density at radius 2 is 2.00 bits per heavy atom. The Kier molecular flexibility index (Phi) is 3.33. The summed E-state index contributed by atoms with van der Waals surface area (Å²) < 4.78 is 5.03. The van der Waals surface area contributed by atoms with E-state index in [4.69, 9.17) is 4.74 Å². The molecule has 0 bridgehead atoms. The molecule has 0 aliphatic rings. The molecule has 0 fully saturated rings. The first-order valence-electron chi connectivity index (χ1n) is 5.01. The van der Waals surface area contributed by atoms with Gasteiger partial charge in [-0.1, -0.05) is 0 Å². The maximum atomic E-state index is 5.03. The third kappa shape index (κ3) is 2.70. The lowest BCUT2D eigenvalue weighted by molar-refractivity contribution is 0.413. The van der Waals surface area contributed by atoms with E-state index < -0.39 is 0 Å². The molecule has 2 heterocycles. The number of aromatic nitrogens is 2. The van der Waals surface area contributed by atoms with Crippen LogP contribution in [0.3, 0.4) is 0 Å². The summed E-state index contributed by atoms with van der Waals surface area (Å²) >= 11 is 0. The molecule has 4 heteroatoms. The van der Waals surface area contributed by atoms with E-state index in [-0.39, 0.29) is 0 Å². The summed E-state index contributed by atoms with van der Waals surface area (Å²) in [5, 5.41) is 3.22. The summed E-state index contributed by atoms with van der Waals surface area (Å²) in [4.78, 5) is 8.18. The Morgan fingerprint density at radius 1 is 1.19 bits per heavy atom. The topological polar surface area (TPSA) is 47.0 Å². The van der Waals surface area contributed by atoms with Crippen molar-refractivity contribution in [3.8, 4) is 5.75 Å². The van der Waals surface area contributed by atoms with Gasteiger partial charge in [0.15, 0.2) is 0 Å². The first-order valence-corrected chi connectivity index (χ1v) is 5.01. The first kappa shape index (κ1) is 10.4. The Balaban J connectivity index is 1.94. The van der Waals surface area contributed by atoms with Gasteiger partial charge in [-0.25, -0.2) is 4.98 Å². The van der Waals surface area contributed by atoms with Crippen LogP contribution < -0.4 is 10.1 Å². The molecule has 0 radical (unpaired) electrons. The van der Waals surface area contributed by atoms with Crippen LogP contribution in [0.1, 0.15) is 5.56 Å². The number of nitrogens with one attached hydrogen (secondary N) is 1. The normalized spacial score (nSPS) is 9.81. The van der Waals surface area contributed by atoms with Gasteiger partial charge in [0.05, 0.1) is 13.3 Å². The van der Waals surface area contributed by atoms with Crippen molar-refractivity contribution in [2.75, 3.05) is 12.4 Å². The molecule has 0 aromatic carbocycles. The zero-order valence-electron chi connectivity index (χ0n) is 9.05. The quantitative estimate of drug-likeness (QED) is 0.848. The van der Waals surface area contributed by atoms with E-state index in [2.05, 4.69) is 15.3 Å². The lowest BCUT2D eigenvalue weighted by Crippen LogP contribution is -2.01. The summed E-state index contributed by atoms with van der Waals surface area (Å²) in [6.45, 7) is 0.738. The van der Waals surface area contributed by atoms with Gasteiger partial charge in [-0.05, 0) is 29.8 Å². The van der Waals surface area contributed by atoms with Gasteiger partial charge in [0.1, 0.15) is 11.6 Å². The number of nitrogens with zero attached hydrogens (tertiary/aromatic N) is 2. The van der Waals surface area contributed by atoms with Gasteiger partial charge < -0.3 is 10.1 Å². The SMILES string of the molecule is COc1ccc(NCc2ccncc2)nc1. The van der Waals surface area contributed by atoms with E-state index in [1.54, 1.807) is 25.7 Å². The molecular formula is C12H13N3O. The van der Waals surface area contributed by atoms with Crippen LogP contribution in [0.4, 0.5) is 5.82 Å². The van der Waals surface area contributed by atoms with Gasteiger partial charge >= 0.3 is 0 Å². The highest BCUT2D eigenvalue weighted by Crippen LogP contribution is 2.11. The van der Waals surface area contributed by atoms with Crippen molar-refractivity contribution in [3.63, 3.8) is 0 Å². The van der Waals surface area contributed by atoms with Crippen molar-refractivity contribution in [1.82, 2.24) is 9.97 Å². The second kappa shape index (κ2) is 5.11. The standard InChI is InChI=1S/C12H13N3O/c1-16-11-2-3-12(15-9-11)14-8-10-4-6-13-7-5-10/h2-7,9H,8H2,1H3,(H,14,15). The summed E-state index contributed by atoms with van der Waals surface area (Å²) in [6.07, 6.45) is 5.24. The fourth-order valence-electron chi connectivity index (χ4n) is 1.30. The molecule has 0 aliphatic heterocycles. The molecule has 1 N–H and O–H groups in total. The minimum Gasteiger partial charge on any atom is -0.495 e. The van der Waals surface area contributed by atoms with Gasteiger partial charge in [-0.3, -0.25) is 4.98 Å². The molecule has 0 atom stereocenters. The molecular weight excluding hydrogens is 202 g/mol. The monoisotopic (exact) mass is 215 g/mol. The van der Waals surface area contributed by atoms with Crippen LogP contribution in [-0.2, 0) is 6.54 Å². The largest absolute Gasteiger partial charge is 0.495 e. The lowest BCUT2D eigenvalue weighted by atomic mass is 10.3. The maximum Gasteiger partial charge on any atom is 0.137 e. The van der Waals surface area contributed by atoms with Gasteiger partial charge in [-0.15, -0.1) is 0 Å². The van der Waals surface area contributed by atoms with E-state index in [9.17, 15) is 0 Å². The predicted molar refractivity (Wildman–Crippen MR) is 62.4 cm³/mol. The van der Waals surface area contributed by atoms with Gasteiger partial charge in [0.2, 0.25) is 0 Å². The lowest BCUT2D eigenvalue weighted by Gasteiger charge is -2.05. The predicted octanol–water partition coefficient (Wildman–Crippen LogP) is 2.10. The second-order valence-electron chi connectivity index (χ2n) is 3.29. The molecule has 4 nitrogen and oxygen atoms in total. The number of anilines is 1. The van der Waals surface area contributed by atoms with Crippen molar-refractivity contribution in [2.24, 2.45) is 0 Å². The molecule has 82 valence electrons. The smallest absolute Gasteiger partial charge is 0.137 e. The second-order valence-corrected chi connectivity index (χ2v) is 3.29. The summed E-state index contributed by atoms with van der Waals surface area (Å²) in [7, 11) is 1.63. The molecule has 0 unspecified atom stereocenters. The van der Waals surface area contributed by atoms with Crippen LogP contribution in [0.25, 0.3) is 0 Å². The molecule has 0 aliphatic carbocycles. The minimum atomic E-state index is 0.738. The highest BCUT2D eigenvalue weighted by atomic mass is 16.5. The van der Waals surface area contributed by atoms with E-state index in [0.29, 0.717) is 0 Å². The average Bonchev–Trinajstić information content (AvgIpc) is 2.38. The molecule has 2 aromatic rings. The Bertz CT molecular complexity index is 428. The zero-order chi connectivity index (χ0) is 11.2. The van der Waals surface area contributed by atoms with Gasteiger partial charge in [-0.2, -0.15) is 0 Å². The fourth-order valence-corrected chi connectivity index (χ4v) is 1.30. The van der Waals surface area contributed by atoms with Crippen molar-refractivity contribution in [3.05, 3.63) is 48.4 Å². The highest BCUT2D eigenvalue weighted by molar-refractivity contribution is 5.38. The average molecular weight is 215 g/mol. The molecule has 2 rings (SSSR count). The Morgan fingerprint density at radius 3 is 2.62 bits per heavy atom. The molecule has 2 aromatic heterocycles. The van der Waals surface area contributed by atoms with E-state index in [0.717, 1.165) is 18.1 Å². The van der Waals surface area contributed by atoms with Crippen LogP contribution in [-0.4, -0.2) is 17.1 Å². The third-order valence-electron chi connectivity index (χ3n) is 2.20. The van der Waals surface area contributed by atoms with Crippen LogP contribution in [0.2, 0.25) is 0 Å². The first-order chi connectivity index (χ1) is 7.88. The molecule has 0 saturated carbocycles. The number of hydrogen-bond acceptors (Lipinski definition) is 4. The van der Waals surface area contributed by atoms with Crippen molar-refractivity contribution >= 4 is 5.82 Å². The van der Waals surface area contributed by atoms with Crippen LogP contribution in [0, 0.1) is 0 Å². The fraction of sp³-hybridized carbons (Fsp3) is 0.167. The highest BCUT2D eigenvalue weighted by Gasteiger charge is 1.95. The third-order valence-corrected chi connectivity index (χ3v) is 2.20. The van der Waals surface area contributed by atoms with E-state index >= 15 is 0 Å². The van der Waals surface area contributed by atoms with Crippen molar-refractivity contribution in [1.29, 1.82) is 0 Å². The van der Waals surface area contributed by atoms with Crippen LogP contribution in [0.5, 0.6) is 5.75 Å². The number of methoxy groups -OCH3 is 1. The molecule has 16 heavy (non-hydrogen) atoms. The van der Waals surface area contributed by atoms with Crippen molar-refractivity contribution < 1.29 is 4.74 Å². The Hall–Kier alpha value is -2.10. The Labute approximate surface area is 94.3 Å². The molecule has 0 amide bonds. The summed E-state index contributed by atoms with van der Waals surface area (Å²) in [5.74, 6) is 1.59. The van der Waals surface area contributed by atoms with E-state index in [1.165, 1.54) is 5.56 Å². The summed E-state index contributed by atoms with van der Waals surface area (Å²) in [5.41, 5.74) is 1.17. The van der Waals surface area contributed by atoms with Crippen molar-refractivity contribution in [2.45, 2.75) is 6.54 Å². The van der Waals surface area contributed by atoms with Gasteiger partial charge in [0, 0.05) is 18.9 Å².